The second-order valence-electron chi connectivity index (χ2n) is 5.59. The summed E-state index contributed by atoms with van der Waals surface area (Å²) in [6.45, 7) is 0. The van der Waals surface area contributed by atoms with E-state index in [2.05, 4.69) is 20.6 Å². The van der Waals surface area contributed by atoms with Gasteiger partial charge >= 0.3 is 5.97 Å². The van der Waals surface area contributed by atoms with Gasteiger partial charge in [0.1, 0.15) is 5.69 Å². The lowest BCUT2D eigenvalue weighted by atomic mass is 9.83. The summed E-state index contributed by atoms with van der Waals surface area (Å²) in [5, 5.41) is 5.29. The van der Waals surface area contributed by atoms with E-state index in [0.29, 0.717) is 19.3 Å². The van der Waals surface area contributed by atoms with Crippen molar-refractivity contribution in [2.24, 2.45) is 5.92 Å². The van der Waals surface area contributed by atoms with Gasteiger partial charge in [-0.25, -0.2) is 4.98 Å². The molecule has 0 aliphatic heterocycles. The first kappa shape index (κ1) is 17.9. The average molecular weight is 338 g/mol. The van der Waals surface area contributed by atoms with E-state index in [-0.39, 0.29) is 35.4 Å². The molecule has 9 nitrogen and oxygen atoms in total. The van der Waals surface area contributed by atoms with Crippen molar-refractivity contribution in [3.05, 3.63) is 17.7 Å². The molecule has 1 saturated carbocycles. The number of methoxy groups -OCH3 is 2. The fourth-order valence-electron chi connectivity index (χ4n) is 2.93. The number of aromatic nitrogens is 2. The van der Waals surface area contributed by atoms with Gasteiger partial charge in [-0.15, -0.1) is 0 Å². The zero-order valence-corrected chi connectivity index (χ0v) is 13.9. The summed E-state index contributed by atoms with van der Waals surface area (Å²) in [5.41, 5.74) is 0.131. The monoisotopic (exact) mass is 338 g/mol. The van der Waals surface area contributed by atoms with Gasteiger partial charge in [-0.1, -0.05) is 0 Å². The Morgan fingerprint density at radius 2 is 2.00 bits per heavy atom. The third-order valence-corrected chi connectivity index (χ3v) is 4.25. The van der Waals surface area contributed by atoms with Crippen molar-refractivity contribution >= 4 is 17.8 Å². The molecule has 1 aliphatic rings. The maximum absolute atomic E-state index is 12.4. The highest BCUT2D eigenvalue weighted by molar-refractivity contribution is 6.04. The molecule has 0 spiro atoms. The lowest BCUT2D eigenvalue weighted by molar-refractivity contribution is -0.148. The smallest absolute Gasteiger partial charge is 0.308 e. The van der Waals surface area contributed by atoms with Gasteiger partial charge in [-0.05, 0) is 19.3 Å². The zero-order valence-electron chi connectivity index (χ0n) is 13.9. The van der Waals surface area contributed by atoms with E-state index in [9.17, 15) is 14.4 Å². The number of nitrogens with zero attached hydrogens (tertiary/aromatic N) is 1. The molecule has 1 heterocycles. The molecule has 0 saturated heterocycles. The van der Waals surface area contributed by atoms with E-state index in [4.69, 9.17) is 9.47 Å². The number of ether oxygens (including phenoxy) is 2. The van der Waals surface area contributed by atoms with Crippen LogP contribution in [-0.4, -0.2) is 61.2 Å². The summed E-state index contributed by atoms with van der Waals surface area (Å²) in [6, 6.07) is -0.260. The van der Waals surface area contributed by atoms with Gasteiger partial charge < -0.3 is 25.1 Å². The van der Waals surface area contributed by atoms with Crippen LogP contribution in [0.1, 0.15) is 40.2 Å². The number of hydrogen-bond donors (Lipinski definition) is 3. The molecule has 1 fully saturated rings. The molecule has 0 aromatic carbocycles. The summed E-state index contributed by atoms with van der Waals surface area (Å²) in [6.07, 6.45) is 2.63. The van der Waals surface area contributed by atoms with E-state index >= 15 is 0 Å². The molecule has 0 radical (unpaired) electrons. The molecule has 24 heavy (non-hydrogen) atoms. The standard InChI is InChI=1S/C15H22N4O5/c1-16-13(20)11-12(18-7-17-11)14(21)19-9-5-4-8(15(22)24-3)6-10(9)23-2/h7-10H,4-6H2,1-3H3,(H,16,20)(H,17,18)(H,19,21)/t8-,9-,10-/m1/s1. The lowest BCUT2D eigenvalue weighted by Gasteiger charge is -2.34. The highest BCUT2D eigenvalue weighted by Crippen LogP contribution is 2.27. The van der Waals surface area contributed by atoms with Gasteiger partial charge in [0.25, 0.3) is 11.8 Å². The van der Waals surface area contributed by atoms with E-state index in [1.54, 1.807) is 0 Å². The number of carbonyl (C=O) groups excluding carboxylic acids is 3. The SMILES string of the molecule is CNC(=O)c1nc[nH]c1C(=O)N[C@@H]1CC[C@@H](C(=O)OC)C[C@H]1OC. The van der Waals surface area contributed by atoms with Gasteiger partial charge in [0, 0.05) is 14.2 Å². The molecular formula is C15H22N4O5. The Bertz CT molecular complexity index is 615. The van der Waals surface area contributed by atoms with Gasteiger partial charge in [0.2, 0.25) is 0 Å². The summed E-state index contributed by atoms with van der Waals surface area (Å²) in [7, 11) is 4.36. The molecule has 0 bridgehead atoms. The van der Waals surface area contributed by atoms with Gasteiger partial charge in [-0.3, -0.25) is 14.4 Å². The van der Waals surface area contributed by atoms with Gasteiger partial charge in [0.15, 0.2) is 5.69 Å². The summed E-state index contributed by atoms with van der Waals surface area (Å²) < 4.78 is 10.2. The van der Waals surface area contributed by atoms with Crippen molar-refractivity contribution in [3.63, 3.8) is 0 Å². The second-order valence-corrected chi connectivity index (χ2v) is 5.59. The first-order valence-corrected chi connectivity index (χ1v) is 7.68. The van der Waals surface area contributed by atoms with Crippen molar-refractivity contribution in [2.45, 2.75) is 31.4 Å². The van der Waals surface area contributed by atoms with Crippen LogP contribution < -0.4 is 10.6 Å². The zero-order chi connectivity index (χ0) is 17.7. The minimum atomic E-state index is -0.445. The van der Waals surface area contributed by atoms with E-state index in [1.807, 2.05) is 0 Å². The number of carbonyl (C=O) groups is 3. The maximum atomic E-state index is 12.4. The largest absolute Gasteiger partial charge is 0.469 e. The van der Waals surface area contributed by atoms with Crippen molar-refractivity contribution in [1.29, 1.82) is 0 Å². The van der Waals surface area contributed by atoms with E-state index in [1.165, 1.54) is 27.6 Å². The molecule has 1 aromatic heterocycles. The Balaban J connectivity index is 2.05. The fourth-order valence-corrected chi connectivity index (χ4v) is 2.93. The maximum Gasteiger partial charge on any atom is 0.308 e. The number of aromatic amines is 1. The predicted octanol–water partition coefficient (Wildman–Crippen LogP) is -0.144. The molecule has 3 N–H and O–H groups in total. The van der Waals surface area contributed by atoms with Crippen LogP contribution in [0.5, 0.6) is 0 Å². The van der Waals surface area contributed by atoms with Gasteiger partial charge in [-0.2, -0.15) is 0 Å². The summed E-state index contributed by atoms with van der Waals surface area (Å²) >= 11 is 0. The van der Waals surface area contributed by atoms with E-state index < -0.39 is 11.8 Å². The van der Waals surface area contributed by atoms with Crippen LogP contribution in [0, 0.1) is 5.92 Å². The second kappa shape index (κ2) is 7.91. The third kappa shape index (κ3) is 3.73. The number of nitrogens with one attached hydrogen (secondary N) is 3. The quantitative estimate of drug-likeness (QED) is 0.642. The van der Waals surface area contributed by atoms with Crippen molar-refractivity contribution in [1.82, 2.24) is 20.6 Å². The molecule has 2 rings (SSSR count). The highest BCUT2D eigenvalue weighted by atomic mass is 16.5. The normalized spacial score (nSPS) is 23.4. The first-order valence-electron chi connectivity index (χ1n) is 7.68. The molecule has 132 valence electrons. The molecular weight excluding hydrogens is 316 g/mol. The molecule has 1 aromatic rings. The summed E-state index contributed by atoms with van der Waals surface area (Å²) in [4.78, 5) is 42.4. The minimum absolute atomic E-state index is 0.0345. The van der Waals surface area contributed by atoms with Crippen molar-refractivity contribution < 1.29 is 23.9 Å². The first-order chi connectivity index (χ1) is 11.5. The molecule has 2 amide bonds. The van der Waals surface area contributed by atoms with Crippen LogP contribution >= 0.6 is 0 Å². The number of H-pyrrole nitrogens is 1. The van der Waals surface area contributed by atoms with E-state index in [0.717, 1.165) is 0 Å². The van der Waals surface area contributed by atoms with Crippen molar-refractivity contribution in [3.8, 4) is 0 Å². The number of rotatable bonds is 5. The topological polar surface area (TPSA) is 122 Å². The molecule has 0 unspecified atom stereocenters. The third-order valence-electron chi connectivity index (χ3n) is 4.25. The Kier molecular flexibility index (Phi) is 5.91. The minimum Gasteiger partial charge on any atom is -0.469 e. The number of esters is 1. The van der Waals surface area contributed by atoms with Crippen LogP contribution in [0.15, 0.2) is 6.33 Å². The molecule has 3 atom stereocenters. The predicted molar refractivity (Wildman–Crippen MR) is 83.4 cm³/mol. The van der Waals surface area contributed by atoms with Crippen molar-refractivity contribution in [2.75, 3.05) is 21.3 Å². The molecule has 9 heteroatoms. The Hall–Kier alpha value is -2.42. The average Bonchev–Trinajstić information content (AvgIpc) is 3.10. The van der Waals surface area contributed by atoms with Gasteiger partial charge in [0.05, 0.1) is 31.5 Å². The Labute approximate surface area is 139 Å². The number of amides is 2. The Morgan fingerprint density at radius 3 is 2.62 bits per heavy atom. The Morgan fingerprint density at radius 1 is 1.25 bits per heavy atom. The fraction of sp³-hybridized carbons (Fsp3) is 0.600. The summed E-state index contributed by atoms with van der Waals surface area (Å²) in [5.74, 6) is -1.38. The lowest BCUT2D eigenvalue weighted by Crippen LogP contribution is -2.49. The van der Waals surface area contributed by atoms with Crippen LogP contribution in [-0.2, 0) is 14.3 Å². The number of imidazole rings is 1. The number of hydrogen-bond acceptors (Lipinski definition) is 6. The van der Waals surface area contributed by atoms with Crippen LogP contribution in [0.2, 0.25) is 0 Å². The molecule has 1 aliphatic carbocycles. The van der Waals surface area contributed by atoms with Crippen LogP contribution in [0.25, 0.3) is 0 Å². The van der Waals surface area contributed by atoms with Crippen LogP contribution in [0.3, 0.4) is 0 Å². The van der Waals surface area contributed by atoms with Crippen LogP contribution in [0.4, 0.5) is 0 Å². The highest BCUT2D eigenvalue weighted by Gasteiger charge is 2.36.